The van der Waals surface area contributed by atoms with Gasteiger partial charge < -0.3 is 15.2 Å². The van der Waals surface area contributed by atoms with E-state index in [-0.39, 0.29) is 12.1 Å². The van der Waals surface area contributed by atoms with E-state index < -0.39 is 0 Å². The standard InChI is InChI=1S/C10H13NO2/c1-6-9(11)7-4-3-5-8(12-2)10(7)13-6/h3-6,9H,11H2,1-2H3. The molecule has 0 spiro atoms. The molecule has 3 nitrogen and oxygen atoms in total. The number of fused-ring (bicyclic) bond motifs is 1. The molecule has 0 bridgehead atoms. The summed E-state index contributed by atoms with van der Waals surface area (Å²) in [6.45, 7) is 1.96. The summed E-state index contributed by atoms with van der Waals surface area (Å²) in [5.74, 6) is 1.56. The Kier molecular flexibility index (Phi) is 1.88. The van der Waals surface area contributed by atoms with Gasteiger partial charge >= 0.3 is 0 Å². The van der Waals surface area contributed by atoms with Crippen LogP contribution in [0.3, 0.4) is 0 Å². The van der Waals surface area contributed by atoms with E-state index in [4.69, 9.17) is 15.2 Å². The van der Waals surface area contributed by atoms with Crippen molar-refractivity contribution in [2.45, 2.75) is 19.1 Å². The summed E-state index contributed by atoms with van der Waals surface area (Å²) in [5.41, 5.74) is 6.97. The van der Waals surface area contributed by atoms with E-state index in [0.29, 0.717) is 0 Å². The molecule has 0 saturated heterocycles. The Morgan fingerprint density at radius 1 is 1.46 bits per heavy atom. The Labute approximate surface area is 77.5 Å². The van der Waals surface area contributed by atoms with Crippen molar-refractivity contribution in [1.29, 1.82) is 0 Å². The normalized spacial score (nSPS) is 25.2. The Morgan fingerprint density at radius 3 is 2.92 bits per heavy atom. The fraction of sp³-hybridized carbons (Fsp3) is 0.400. The third kappa shape index (κ3) is 1.16. The van der Waals surface area contributed by atoms with Crippen molar-refractivity contribution >= 4 is 0 Å². The van der Waals surface area contributed by atoms with Crippen LogP contribution in [0.4, 0.5) is 0 Å². The maximum Gasteiger partial charge on any atom is 0.166 e. The SMILES string of the molecule is COc1cccc2c1OC(C)C2N. The van der Waals surface area contributed by atoms with Crippen LogP contribution < -0.4 is 15.2 Å². The van der Waals surface area contributed by atoms with Gasteiger partial charge in [0.2, 0.25) is 0 Å². The lowest BCUT2D eigenvalue weighted by atomic mass is 10.1. The molecular formula is C10H13NO2. The molecule has 0 aliphatic carbocycles. The van der Waals surface area contributed by atoms with Gasteiger partial charge in [0.05, 0.1) is 13.2 Å². The second-order valence-corrected chi connectivity index (χ2v) is 3.23. The van der Waals surface area contributed by atoms with Gasteiger partial charge in [-0.05, 0) is 13.0 Å². The fourth-order valence-corrected chi connectivity index (χ4v) is 1.59. The highest BCUT2D eigenvalue weighted by molar-refractivity contribution is 5.50. The van der Waals surface area contributed by atoms with Gasteiger partial charge in [-0.3, -0.25) is 0 Å². The molecule has 1 aliphatic rings. The molecule has 0 amide bonds. The van der Waals surface area contributed by atoms with Crippen molar-refractivity contribution in [3.63, 3.8) is 0 Å². The van der Waals surface area contributed by atoms with Gasteiger partial charge in [-0.2, -0.15) is 0 Å². The number of ether oxygens (including phenoxy) is 2. The van der Waals surface area contributed by atoms with Crippen molar-refractivity contribution in [1.82, 2.24) is 0 Å². The minimum absolute atomic E-state index is 0.0336. The lowest BCUT2D eigenvalue weighted by molar-refractivity contribution is 0.220. The molecule has 0 fully saturated rings. The molecule has 2 atom stereocenters. The van der Waals surface area contributed by atoms with Crippen molar-refractivity contribution in [2.75, 3.05) is 7.11 Å². The molecular weight excluding hydrogens is 166 g/mol. The van der Waals surface area contributed by atoms with Crippen LogP contribution in [0.2, 0.25) is 0 Å². The molecule has 0 aromatic heterocycles. The smallest absolute Gasteiger partial charge is 0.166 e. The van der Waals surface area contributed by atoms with Crippen molar-refractivity contribution in [2.24, 2.45) is 5.73 Å². The Morgan fingerprint density at radius 2 is 2.23 bits per heavy atom. The predicted molar refractivity (Wildman–Crippen MR) is 50.0 cm³/mol. The first kappa shape index (κ1) is 8.38. The molecule has 70 valence electrons. The van der Waals surface area contributed by atoms with E-state index in [0.717, 1.165) is 17.1 Å². The van der Waals surface area contributed by atoms with Crippen molar-refractivity contribution in [3.8, 4) is 11.5 Å². The summed E-state index contributed by atoms with van der Waals surface area (Å²) in [6, 6.07) is 5.75. The molecule has 1 aliphatic heterocycles. The second-order valence-electron chi connectivity index (χ2n) is 3.23. The molecule has 1 aromatic carbocycles. The van der Waals surface area contributed by atoms with E-state index >= 15 is 0 Å². The van der Waals surface area contributed by atoms with E-state index in [9.17, 15) is 0 Å². The van der Waals surface area contributed by atoms with Crippen LogP contribution in [0.5, 0.6) is 11.5 Å². The average molecular weight is 179 g/mol. The number of para-hydroxylation sites is 1. The Balaban J connectivity index is 2.49. The number of rotatable bonds is 1. The zero-order chi connectivity index (χ0) is 9.42. The highest BCUT2D eigenvalue weighted by Gasteiger charge is 2.30. The number of hydrogen-bond acceptors (Lipinski definition) is 3. The first-order valence-electron chi connectivity index (χ1n) is 4.33. The topological polar surface area (TPSA) is 44.5 Å². The van der Waals surface area contributed by atoms with E-state index in [1.807, 2.05) is 25.1 Å². The highest BCUT2D eigenvalue weighted by Crippen LogP contribution is 2.41. The highest BCUT2D eigenvalue weighted by atomic mass is 16.5. The Hall–Kier alpha value is -1.22. The molecule has 2 unspecified atom stereocenters. The van der Waals surface area contributed by atoms with Gasteiger partial charge in [0.15, 0.2) is 11.5 Å². The first-order valence-corrected chi connectivity index (χ1v) is 4.33. The number of methoxy groups -OCH3 is 1. The van der Waals surface area contributed by atoms with Crippen LogP contribution in [0.25, 0.3) is 0 Å². The predicted octanol–water partition coefficient (Wildman–Crippen LogP) is 1.48. The summed E-state index contributed by atoms with van der Waals surface area (Å²) in [7, 11) is 1.63. The summed E-state index contributed by atoms with van der Waals surface area (Å²) in [6.07, 6.45) is 0.0336. The van der Waals surface area contributed by atoms with E-state index in [1.165, 1.54) is 0 Å². The molecule has 2 N–H and O–H groups in total. The van der Waals surface area contributed by atoms with Crippen LogP contribution >= 0.6 is 0 Å². The van der Waals surface area contributed by atoms with Gasteiger partial charge in [0, 0.05) is 5.56 Å². The van der Waals surface area contributed by atoms with Gasteiger partial charge in [-0.15, -0.1) is 0 Å². The quantitative estimate of drug-likeness (QED) is 0.710. The number of benzene rings is 1. The second kappa shape index (κ2) is 2.92. The molecule has 1 aromatic rings. The molecule has 0 radical (unpaired) electrons. The minimum Gasteiger partial charge on any atom is -0.493 e. The van der Waals surface area contributed by atoms with Crippen LogP contribution in [0.15, 0.2) is 18.2 Å². The van der Waals surface area contributed by atoms with Gasteiger partial charge in [0.1, 0.15) is 6.10 Å². The average Bonchev–Trinajstić information content (AvgIpc) is 2.43. The lowest BCUT2D eigenvalue weighted by Gasteiger charge is -2.07. The largest absolute Gasteiger partial charge is 0.493 e. The van der Waals surface area contributed by atoms with Crippen molar-refractivity contribution in [3.05, 3.63) is 23.8 Å². The van der Waals surface area contributed by atoms with Crippen LogP contribution in [0, 0.1) is 0 Å². The molecule has 1 heterocycles. The summed E-state index contributed by atoms with van der Waals surface area (Å²) in [5, 5.41) is 0. The molecule has 13 heavy (non-hydrogen) atoms. The van der Waals surface area contributed by atoms with Crippen LogP contribution in [-0.2, 0) is 0 Å². The minimum atomic E-state index is -0.0369. The third-order valence-electron chi connectivity index (χ3n) is 2.40. The summed E-state index contributed by atoms with van der Waals surface area (Å²) in [4.78, 5) is 0. The van der Waals surface area contributed by atoms with Gasteiger partial charge in [-0.25, -0.2) is 0 Å². The lowest BCUT2D eigenvalue weighted by Crippen LogP contribution is -2.21. The molecule has 3 heteroatoms. The zero-order valence-electron chi connectivity index (χ0n) is 7.78. The fourth-order valence-electron chi connectivity index (χ4n) is 1.59. The monoisotopic (exact) mass is 179 g/mol. The maximum atomic E-state index is 5.93. The molecule has 2 rings (SSSR count). The maximum absolute atomic E-state index is 5.93. The third-order valence-corrected chi connectivity index (χ3v) is 2.40. The first-order chi connectivity index (χ1) is 6.24. The number of nitrogens with two attached hydrogens (primary N) is 1. The zero-order valence-corrected chi connectivity index (χ0v) is 7.78. The van der Waals surface area contributed by atoms with Gasteiger partial charge in [0.25, 0.3) is 0 Å². The summed E-state index contributed by atoms with van der Waals surface area (Å²) < 4.78 is 10.8. The van der Waals surface area contributed by atoms with Gasteiger partial charge in [-0.1, -0.05) is 12.1 Å². The van der Waals surface area contributed by atoms with Crippen LogP contribution in [0.1, 0.15) is 18.5 Å². The number of hydrogen-bond donors (Lipinski definition) is 1. The van der Waals surface area contributed by atoms with Crippen molar-refractivity contribution < 1.29 is 9.47 Å². The van der Waals surface area contributed by atoms with E-state index in [2.05, 4.69) is 0 Å². The summed E-state index contributed by atoms with van der Waals surface area (Å²) >= 11 is 0. The van der Waals surface area contributed by atoms with Crippen LogP contribution in [-0.4, -0.2) is 13.2 Å². The van der Waals surface area contributed by atoms with E-state index in [1.54, 1.807) is 7.11 Å². The molecule has 0 saturated carbocycles. The Bertz CT molecular complexity index is 325.